The van der Waals surface area contributed by atoms with E-state index in [-0.39, 0.29) is 0 Å². The van der Waals surface area contributed by atoms with Gasteiger partial charge < -0.3 is 4.40 Å². The zero-order chi connectivity index (χ0) is 12.1. The van der Waals surface area contributed by atoms with Gasteiger partial charge in [0.15, 0.2) is 5.65 Å². The predicted molar refractivity (Wildman–Crippen MR) is 75.7 cm³/mol. The van der Waals surface area contributed by atoms with Crippen molar-refractivity contribution in [3.8, 4) is 11.3 Å². The second kappa shape index (κ2) is 3.69. The van der Waals surface area contributed by atoms with Crippen LogP contribution in [0.2, 0.25) is 0 Å². The molecule has 0 N–H and O–H groups in total. The van der Waals surface area contributed by atoms with Gasteiger partial charge in [-0.3, -0.25) is 0 Å². The van der Waals surface area contributed by atoms with Crippen LogP contribution in [0.15, 0.2) is 47.1 Å². The summed E-state index contributed by atoms with van der Waals surface area (Å²) in [6.45, 7) is 0. The van der Waals surface area contributed by atoms with Crippen LogP contribution in [0, 0.1) is 0 Å². The number of imidazole rings is 1. The Kier molecular flexibility index (Phi) is 2.12. The molecule has 0 radical (unpaired) electrons. The highest BCUT2D eigenvalue weighted by Gasteiger charge is 2.21. The monoisotopic (exact) mass is 298 g/mol. The van der Waals surface area contributed by atoms with Crippen LogP contribution in [0.4, 0.5) is 0 Å². The van der Waals surface area contributed by atoms with Crippen molar-refractivity contribution in [3.05, 3.63) is 58.3 Å². The summed E-state index contributed by atoms with van der Waals surface area (Å²) in [5, 5.41) is 0. The molecule has 1 aromatic carbocycles. The molecule has 2 aromatic heterocycles. The van der Waals surface area contributed by atoms with E-state index >= 15 is 0 Å². The topological polar surface area (TPSA) is 17.3 Å². The zero-order valence-corrected chi connectivity index (χ0v) is 11.3. The van der Waals surface area contributed by atoms with Gasteiger partial charge in [0.2, 0.25) is 0 Å². The quantitative estimate of drug-likeness (QED) is 0.616. The van der Waals surface area contributed by atoms with Crippen LogP contribution >= 0.6 is 15.9 Å². The summed E-state index contributed by atoms with van der Waals surface area (Å²) in [6.07, 6.45) is 4.26. The molecule has 2 heterocycles. The van der Waals surface area contributed by atoms with E-state index in [1.807, 2.05) is 6.07 Å². The molecule has 0 aliphatic heterocycles. The highest BCUT2D eigenvalue weighted by Crippen LogP contribution is 2.34. The number of hydrogen-bond donors (Lipinski definition) is 0. The average Bonchev–Trinajstić information content (AvgIpc) is 2.79. The van der Waals surface area contributed by atoms with E-state index in [4.69, 9.17) is 4.98 Å². The number of aryl methyl sites for hydroxylation is 2. The number of fused-ring (bicyclic) bond motifs is 5. The Labute approximate surface area is 113 Å². The molecule has 18 heavy (non-hydrogen) atoms. The SMILES string of the molecule is Brc1cccn2c3c(nc12)-c1ccccc1CC3. The first-order chi connectivity index (χ1) is 8.84. The lowest BCUT2D eigenvalue weighted by atomic mass is 9.92. The summed E-state index contributed by atoms with van der Waals surface area (Å²) in [6, 6.07) is 12.7. The van der Waals surface area contributed by atoms with E-state index in [9.17, 15) is 0 Å². The zero-order valence-electron chi connectivity index (χ0n) is 9.73. The third-order valence-corrected chi connectivity index (χ3v) is 4.22. The maximum Gasteiger partial charge on any atom is 0.152 e. The number of benzene rings is 1. The van der Waals surface area contributed by atoms with Crippen LogP contribution in [0.5, 0.6) is 0 Å². The number of aromatic nitrogens is 2. The Balaban J connectivity index is 2.11. The third-order valence-electron chi connectivity index (χ3n) is 3.60. The van der Waals surface area contributed by atoms with Crippen LogP contribution in [-0.2, 0) is 12.8 Å². The van der Waals surface area contributed by atoms with Crippen molar-refractivity contribution in [1.82, 2.24) is 9.38 Å². The van der Waals surface area contributed by atoms with Crippen molar-refractivity contribution in [3.63, 3.8) is 0 Å². The molecule has 1 aliphatic carbocycles. The number of hydrogen-bond acceptors (Lipinski definition) is 1. The Hall–Kier alpha value is -1.61. The molecule has 4 rings (SSSR count). The van der Waals surface area contributed by atoms with E-state index in [0.29, 0.717) is 0 Å². The lowest BCUT2D eigenvalue weighted by Gasteiger charge is -2.15. The predicted octanol–water partition coefficient (Wildman–Crippen LogP) is 3.86. The van der Waals surface area contributed by atoms with Crippen molar-refractivity contribution >= 4 is 21.6 Å². The van der Waals surface area contributed by atoms with E-state index in [1.165, 1.54) is 16.8 Å². The molecule has 0 saturated heterocycles. The number of pyridine rings is 1. The fourth-order valence-electron chi connectivity index (χ4n) is 2.76. The molecule has 1 aliphatic rings. The van der Waals surface area contributed by atoms with Crippen LogP contribution in [0.1, 0.15) is 11.3 Å². The summed E-state index contributed by atoms with van der Waals surface area (Å²) in [7, 11) is 0. The van der Waals surface area contributed by atoms with Gasteiger partial charge in [0.1, 0.15) is 0 Å². The normalized spacial score (nSPS) is 13.4. The fourth-order valence-corrected chi connectivity index (χ4v) is 3.19. The van der Waals surface area contributed by atoms with Crippen molar-refractivity contribution in [1.29, 1.82) is 0 Å². The summed E-state index contributed by atoms with van der Waals surface area (Å²) in [5.41, 5.74) is 6.17. The van der Waals surface area contributed by atoms with E-state index in [1.54, 1.807) is 0 Å². The molecule has 0 fully saturated rings. The average molecular weight is 299 g/mol. The van der Waals surface area contributed by atoms with Crippen molar-refractivity contribution in [2.24, 2.45) is 0 Å². The first-order valence-electron chi connectivity index (χ1n) is 6.08. The van der Waals surface area contributed by atoms with Gasteiger partial charge in [0.05, 0.1) is 15.9 Å². The Morgan fingerprint density at radius 1 is 1.06 bits per heavy atom. The van der Waals surface area contributed by atoms with Crippen LogP contribution in [0.25, 0.3) is 16.9 Å². The largest absolute Gasteiger partial charge is 0.302 e. The van der Waals surface area contributed by atoms with Gasteiger partial charge >= 0.3 is 0 Å². The van der Waals surface area contributed by atoms with Crippen molar-refractivity contribution < 1.29 is 0 Å². The first kappa shape index (κ1) is 10.3. The molecule has 0 amide bonds. The molecule has 3 aromatic rings. The van der Waals surface area contributed by atoms with Gasteiger partial charge in [-0.15, -0.1) is 0 Å². The minimum absolute atomic E-state index is 1.01. The van der Waals surface area contributed by atoms with Gasteiger partial charge in [0.25, 0.3) is 0 Å². The second-order valence-electron chi connectivity index (χ2n) is 4.61. The molecular formula is C15H11BrN2. The van der Waals surface area contributed by atoms with Crippen molar-refractivity contribution in [2.45, 2.75) is 12.8 Å². The van der Waals surface area contributed by atoms with Gasteiger partial charge in [-0.1, -0.05) is 24.3 Å². The smallest absolute Gasteiger partial charge is 0.152 e. The molecule has 88 valence electrons. The number of rotatable bonds is 0. The van der Waals surface area contributed by atoms with Crippen LogP contribution < -0.4 is 0 Å². The van der Waals surface area contributed by atoms with Gasteiger partial charge in [-0.05, 0) is 46.5 Å². The highest BCUT2D eigenvalue weighted by molar-refractivity contribution is 9.10. The maximum absolute atomic E-state index is 4.81. The van der Waals surface area contributed by atoms with Gasteiger partial charge in [0, 0.05) is 11.8 Å². The third kappa shape index (κ3) is 1.31. The second-order valence-corrected chi connectivity index (χ2v) is 5.47. The molecule has 2 nitrogen and oxygen atoms in total. The maximum atomic E-state index is 4.81. The van der Waals surface area contributed by atoms with Gasteiger partial charge in [-0.2, -0.15) is 0 Å². The molecule has 0 unspecified atom stereocenters. The molecule has 0 atom stereocenters. The first-order valence-corrected chi connectivity index (χ1v) is 6.87. The molecular weight excluding hydrogens is 288 g/mol. The summed E-state index contributed by atoms with van der Waals surface area (Å²) >= 11 is 3.58. The highest BCUT2D eigenvalue weighted by atomic mass is 79.9. The molecule has 3 heteroatoms. The standard InChI is InChI=1S/C15H11BrN2/c16-12-6-3-9-18-13-8-7-10-4-1-2-5-11(10)14(13)17-15(12)18/h1-6,9H,7-8H2. The van der Waals surface area contributed by atoms with Crippen LogP contribution in [0.3, 0.4) is 0 Å². The number of nitrogens with zero attached hydrogens (tertiary/aromatic N) is 2. The lowest BCUT2D eigenvalue weighted by Crippen LogP contribution is -2.05. The van der Waals surface area contributed by atoms with Crippen LogP contribution in [-0.4, -0.2) is 9.38 Å². The van der Waals surface area contributed by atoms with E-state index in [2.05, 4.69) is 56.9 Å². The molecule has 0 spiro atoms. The van der Waals surface area contributed by atoms with Crippen molar-refractivity contribution in [2.75, 3.05) is 0 Å². The summed E-state index contributed by atoms with van der Waals surface area (Å²) in [5.74, 6) is 0. The summed E-state index contributed by atoms with van der Waals surface area (Å²) < 4.78 is 3.26. The summed E-state index contributed by atoms with van der Waals surface area (Å²) in [4.78, 5) is 4.81. The van der Waals surface area contributed by atoms with Gasteiger partial charge in [-0.25, -0.2) is 4.98 Å². The Morgan fingerprint density at radius 2 is 1.94 bits per heavy atom. The van der Waals surface area contributed by atoms with E-state index < -0.39 is 0 Å². The Bertz CT molecular complexity index is 758. The van der Waals surface area contributed by atoms with E-state index in [0.717, 1.165) is 28.7 Å². The molecule has 0 bridgehead atoms. The molecule has 0 saturated carbocycles. The minimum atomic E-state index is 1.01. The minimum Gasteiger partial charge on any atom is -0.302 e. The Morgan fingerprint density at radius 3 is 2.89 bits per heavy atom. The number of halogens is 1. The fraction of sp³-hybridized carbons (Fsp3) is 0.133. The lowest BCUT2D eigenvalue weighted by molar-refractivity contribution is 0.880.